The van der Waals surface area contributed by atoms with Crippen molar-refractivity contribution in [2.75, 3.05) is 26.2 Å². The van der Waals surface area contributed by atoms with Gasteiger partial charge in [0.05, 0.1) is 13.2 Å². The number of carbonyl (C=O) groups excluding carboxylic acids is 1. The standard InChI is InChI=1S/C22H25F2NO3/c1-2-28-21(26)15-25-13-11-18(12-14-25)22(27,16-3-7-19(23)8-4-16)17-5-9-20(24)10-6-17/h3-10,18,27H,2,11-15H2,1H3. The number of nitrogens with zero attached hydrogens (tertiary/aromatic N) is 1. The number of hydrogen-bond donors (Lipinski definition) is 1. The summed E-state index contributed by atoms with van der Waals surface area (Å²) in [5.41, 5.74) is -0.217. The number of ether oxygens (including phenoxy) is 1. The van der Waals surface area contributed by atoms with Gasteiger partial charge in [0.25, 0.3) is 0 Å². The van der Waals surface area contributed by atoms with Gasteiger partial charge in [0.15, 0.2) is 0 Å². The zero-order chi connectivity index (χ0) is 20.1. The highest BCUT2D eigenvalue weighted by Gasteiger charge is 2.41. The molecule has 3 rings (SSSR count). The summed E-state index contributed by atoms with van der Waals surface area (Å²) in [6.45, 7) is 3.62. The van der Waals surface area contributed by atoms with Crippen molar-refractivity contribution in [3.8, 4) is 0 Å². The maximum Gasteiger partial charge on any atom is 0.320 e. The van der Waals surface area contributed by atoms with Crippen LogP contribution in [0.2, 0.25) is 0 Å². The maximum atomic E-state index is 13.4. The average molecular weight is 389 g/mol. The summed E-state index contributed by atoms with van der Waals surface area (Å²) >= 11 is 0. The van der Waals surface area contributed by atoms with Crippen LogP contribution in [-0.4, -0.2) is 42.2 Å². The predicted molar refractivity (Wildman–Crippen MR) is 102 cm³/mol. The molecular formula is C22H25F2NO3. The number of likely N-dealkylation sites (tertiary alicyclic amines) is 1. The van der Waals surface area contributed by atoms with Gasteiger partial charge in [-0.25, -0.2) is 8.78 Å². The second-order valence-corrected chi connectivity index (χ2v) is 7.14. The Labute approximate surface area is 163 Å². The highest BCUT2D eigenvalue weighted by atomic mass is 19.1. The van der Waals surface area contributed by atoms with Crippen LogP contribution >= 0.6 is 0 Å². The predicted octanol–water partition coefficient (Wildman–Crippen LogP) is 3.48. The minimum atomic E-state index is -1.36. The summed E-state index contributed by atoms with van der Waals surface area (Å²) in [5.74, 6) is -1.17. The third-order valence-electron chi connectivity index (χ3n) is 5.41. The van der Waals surface area contributed by atoms with E-state index in [1.807, 2.05) is 4.90 Å². The monoisotopic (exact) mass is 389 g/mol. The molecule has 4 nitrogen and oxygen atoms in total. The van der Waals surface area contributed by atoms with Gasteiger partial charge in [-0.1, -0.05) is 24.3 Å². The second-order valence-electron chi connectivity index (χ2n) is 7.14. The van der Waals surface area contributed by atoms with Gasteiger partial charge in [0.2, 0.25) is 0 Å². The summed E-state index contributed by atoms with van der Waals surface area (Å²) in [6.07, 6.45) is 1.29. The third-order valence-corrected chi connectivity index (χ3v) is 5.41. The van der Waals surface area contributed by atoms with Crippen LogP contribution < -0.4 is 0 Å². The Morgan fingerprint density at radius 2 is 1.50 bits per heavy atom. The Kier molecular flexibility index (Phi) is 6.42. The molecule has 1 saturated heterocycles. The summed E-state index contributed by atoms with van der Waals surface area (Å²) in [5, 5.41) is 11.8. The lowest BCUT2D eigenvalue weighted by Gasteiger charge is -2.42. The van der Waals surface area contributed by atoms with Crippen LogP contribution in [0, 0.1) is 17.6 Å². The van der Waals surface area contributed by atoms with Crippen LogP contribution in [0.15, 0.2) is 48.5 Å². The fourth-order valence-corrected chi connectivity index (χ4v) is 3.94. The Morgan fingerprint density at radius 3 is 1.93 bits per heavy atom. The molecule has 150 valence electrons. The van der Waals surface area contributed by atoms with Crippen molar-refractivity contribution in [3.05, 3.63) is 71.3 Å². The first-order valence-electron chi connectivity index (χ1n) is 9.56. The van der Waals surface area contributed by atoms with E-state index in [0.717, 1.165) is 0 Å². The number of carbonyl (C=O) groups is 1. The third kappa shape index (κ3) is 4.39. The Balaban J connectivity index is 1.83. The normalized spacial score (nSPS) is 16.1. The van der Waals surface area contributed by atoms with Crippen molar-refractivity contribution in [1.29, 1.82) is 0 Å². The van der Waals surface area contributed by atoms with Crippen LogP contribution in [0.1, 0.15) is 30.9 Å². The first kappa shape index (κ1) is 20.4. The molecule has 1 fully saturated rings. The molecule has 0 atom stereocenters. The van der Waals surface area contributed by atoms with E-state index in [4.69, 9.17) is 4.74 Å². The number of halogens is 2. The molecule has 1 aliphatic heterocycles. The lowest BCUT2D eigenvalue weighted by Crippen LogP contribution is -2.45. The Bertz CT molecular complexity index is 739. The molecule has 0 radical (unpaired) electrons. The lowest BCUT2D eigenvalue weighted by atomic mass is 9.72. The summed E-state index contributed by atoms with van der Waals surface area (Å²) in [6, 6.07) is 11.6. The summed E-state index contributed by atoms with van der Waals surface area (Å²) < 4.78 is 31.9. The molecule has 0 saturated carbocycles. The van der Waals surface area contributed by atoms with E-state index in [2.05, 4.69) is 0 Å². The molecule has 0 amide bonds. The van der Waals surface area contributed by atoms with Crippen molar-refractivity contribution >= 4 is 5.97 Å². The molecule has 0 unspecified atom stereocenters. The zero-order valence-electron chi connectivity index (χ0n) is 15.9. The van der Waals surface area contributed by atoms with Gasteiger partial charge in [-0.05, 0) is 74.2 Å². The van der Waals surface area contributed by atoms with Gasteiger partial charge in [0.1, 0.15) is 17.2 Å². The van der Waals surface area contributed by atoms with E-state index >= 15 is 0 Å². The molecule has 1 heterocycles. The molecule has 2 aromatic rings. The largest absolute Gasteiger partial charge is 0.465 e. The molecule has 0 aromatic heterocycles. The Morgan fingerprint density at radius 1 is 1.04 bits per heavy atom. The van der Waals surface area contributed by atoms with E-state index in [1.165, 1.54) is 24.3 Å². The Hall–Kier alpha value is -2.31. The van der Waals surface area contributed by atoms with Gasteiger partial charge < -0.3 is 9.84 Å². The quantitative estimate of drug-likeness (QED) is 0.769. The fourth-order valence-electron chi connectivity index (χ4n) is 3.94. The minimum absolute atomic E-state index is 0.151. The van der Waals surface area contributed by atoms with Gasteiger partial charge in [-0.3, -0.25) is 9.69 Å². The lowest BCUT2D eigenvalue weighted by molar-refractivity contribution is -0.145. The van der Waals surface area contributed by atoms with Crippen LogP contribution in [0.4, 0.5) is 8.78 Å². The van der Waals surface area contributed by atoms with Crippen molar-refractivity contribution in [2.45, 2.75) is 25.4 Å². The van der Waals surface area contributed by atoms with Crippen molar-refractivity contribution < 1.29 is 23.4 Å². The minimum Gasteiger partial charge on any atom is -0.465 e. The van der Waals surface area contributed by atoms with Gasteiger partial charge in [-0.15, -0.1) is 0 Å². The van der Waals surface area contributed by atoms with Crippen LogP contribution in [0.3, 0.4) is 0 Å². The molecule has 2 aromatic carbocycles. The molecule has 1 N–H and O–H groups in total. The van der Waals surface area contributed by atoms with E-state index in [9.17, 15) is 18.7 Å². The zero-order valence-corrected chi connectivity index (χ0v) is 15.9. The molecular weight excluding hydrogens is 364 g/mol. The topological polar surface area (TPSA) is 49.8 Å². The molecule has 0 spiro atoms. The molecule has 0 aliphatic carbocycles. The molecule has 6 heteroatoms. The second kappa shape index (κ2) is 8.80. The molecule has 1 aliphatic rings. The average Bonchev–Trinajstić information content (AvgIpc) is 2.69. The highest BCUT2D eigenvalue weighted by Crippen LogP contribution is 2.42. The summed E-state index contributed by atoms with van der Waals surface area (Å²) in [7, 11) is 0. The number of rotatable bonds is 6. The van der Waals surface area contributed by atoms with E-state index in [1.54, 1.807) is 31.2 Å². The SMILES string of the molecule is CCOC(=O)CN1CCC(C(O)(c2ccc(F)cc2)c2ccc(F)cc2)CC1. The highest BCUT2D eigenvalue weighted by molar-refractivity contribution is 5.71. The van der Waals surface area contributed by atoms with Crippen molar-refractivity contribution in [1.82, 2.24) is 4.90 Å². The number of piperidine rings is 1. The molecule has 28 heavy (non-hydrogen) atoms. The van der Waals surface area contributed by atoms with Gasteiger partial charge in [-0.2, -0.15) is 0 Å². The van der Waals surface area contributed by atoms with Crippen molar-refractivity contribution in [3.63, 3.8) is 0 Å². The van der Waals surface area contributed by atoms with E-state index in [0.29, 0.717) is 43.7 Å². The number of esters is 1. The number of hydrogen-bond acceptors (Lipinski definition) is 4. The smallest absolute Gasteiger partial charge is 0.320 e. The fraction of sp³-hybridized carbons (Fsp3) is 0.409. The van der Waals surface area contributed by atoms with Gasteiger partial charge >= 0.3 is 5.97 Å². The maximum absolute atomic E-state index is 13.4. The first-order chi connectivity index (χ1) is 13.4. The first-order valence-corrected chi connectivity index (χ1v) is 9.56. The number of aliphatic hydroxyl groups is 1. The number of benzene rings is 2. The van der Waals surface area contributed by atoms with Crippen LogP contribution in [0.25, 0.3) is 0 Å². The van der Waals surface area contributed by atoms with Crippen LogP contribution in [-0.2, 0) is 15.1 Å². The van der Waals surface area contributed by atoms with Gasteiger partial charge in [0, 0.05) is 0 Å². The van der Waals surface area contributed by atoms with Crippen LogP contribution in [0.5, 0.6) is 0 Å². The van der Waals surface area contributed by atoms with E-state index < -0.39 is 5.60 Å². The van der Waals surface area contributed by atoms with E-state index in [-0.39, 0.29) is 30.1 Å². The molecule has 0 bridgehead atoms. The summed E-state index contributed by atoms with van der Waals surface area (Å²) in [4.78, 5) is 13.7. The van der Waals surface area contributed by atoms with Crippen molar-refractivity contribution in [2.24, 2.45) is 5.92 Å².